The Hall–Kier alpha value is -3.43. The SMILES string of the molecule is O=C(O)c1ccc(-c2cccc([Si](c3ccccc3)c3ccccc3)c2)cc1. The first-order valence-electron chi connectivity index (χ1n) is 9.14. The van der Waals surface area contributed by atoms with Crippen LogP contribution in [0.25, 0.3) is 11.1 Å². The first kappa shape index (κ1) is 18.0. The molecule has 0 saturated heterocycles. The summed E-state index contributed by atoms with van der Waals surface area (Å²) in [6.07, 6.45) is 0. The molecule has 0 spiro atoms. The van der Waals surface area contributed by atoms with Gasteiger partial charge in [0.25, 0.3) is 0 Å². The van der Waals surface area contributed by atoms with E-state index in [1.54, 1.807) is 12.1 Å². The van der Waals surface area contributed by atoms with Crippen LogP contribution < -0.4 is 15.6 Å². The van der Waals surface area contributed by atoms with E-state index >= 15 is 0 Å². The van der Waals surface area contributed by atoms with Crippen LogP contribution in [-0.2, 0) is 0 Å². The lowest BCUT2D eigenvalue weighted by Crippen LogP contribution is -2.51. The lowest BCUT2D eigenvalue weighted by molar-refractivity contribution is 0.0697. The van der Waals surface area contributed by atoms with Crippen LogP contribution in [0.4, 0.5) is 0 Å². The molecule has 1 N–H and O–H groups in total. The predicted octanol–water partition coefficient (Wildman–Crippen LogP) is 3.57. The number of rotatable bonds is 5. The molecule has 0 atom stereocenters. The molecule has 0 saturated carbocycles. The van der Waals surface area contributed by atoms with E-state index in [1.165, 1.54) is 15.6 Å². The minimum Gasteiger partial charge on any atom is -0.478 e. The molecule has 28 heavy (non-hydrogen) atoms. The Morgan fingerprint density at radius 1 is 0.571 bits per heavy atom. The van der Waals surface area contributed by atoms with Crippen molar-refractivity contribution in [3.8, 4) is 11.1 Å². The van der Waals surface area contributed by atoms with Gasteiger partial charge in [0.2, 0.25) is 0 Å². The molecule has 4 aromatic carbocycles. The van der Waals surface area contributed by atoms with Crippen LogP contribution in [0.2, 0.25) is 0 Å². The monoisotopic (exact) mass is 379 g/mol. The number of carboxylic acid groups (broad SMARTS) is 1. The Morgan fingerprint density at radius 3 is 1.64 bits per heavy atom. The summed E-state index contributed by atoms with van der Waals surface area (Å²) in [7, 11) is -1.12. The smallest absolute Gasteiger partial charge is 0.335 e. The van der Waals surface area contributed by atoms with Crippen LogP contribution in [-0.4, -0.2) is 19.9 Å². The van der Waals surface area contributed by atoms with Crippen molar-refractivity contribution in [2.45, 2.75) is 0 Å². The van der Waals surface area contributed by atoms with Crippen LogP contribution in [0.15, 0.2) is 109 Å². The summed E-state index contributed by atoms with van der Waals surface area (Å²) in [5, 5.41) is 13.1. The molecular weight excluding hydrogens is 360 g/mol. The molecule has 0 bridgehead atoms. The summed E-state index contributed by atoms with van der Waals surface area (Å²) in [5.41, 5.74) is 2.43. The highest BCUT2D eigenvalue weighted by atomic mass is 28.3. The maximum Gasteiger partial charge on any atom is 0.335 e. The molecule has 4 rings (SSSR count). The van der Waals surface area contributed by atoms with Crippen molar-refractivity contribution in [1.82, 2.24) is 0 Å². The van der Waals surface area contributed by atoms with E-state index in [0.717, 1.165) is 11.1 Å². The summed E-state index contributed by atoms with van der Waals surface area (Å²) in [6.45, 7) is 0. The third-order valence-electron chi connectivity index (χ3n) is 4.74. The van der Waals surface area contributed by atoms with E-state index in [-0.39, 0.29) is 0 Å². The number of hydrogen-bond acceptors (Lipinski definition) is 1. The normalized spacial score (nSPS) is 10.8. The molecule has 0 aromatic heterocycles. The van der Waals surface area contributed by atoms with Gasteiger partial charge in [0, 0.05) is 0 Å². The fourth-order valence-corrected chi connectivity index (χ4v) is 5.98. The molecule has 1 radical (unpaired) electrons. The zero-order chi connectivity index (χ0) is 19.3. The predicted molar refractivity (Wildman–Crippen MR) is 116 cm³/mol. The van der Waals surface area contributed by atoms with E-state index < -0.39 is 14.8 Å². The van der Waals surface area contributed by atoms with Crippen molar-refractivity contribution >= 4 is 30.3 Å². The van der Waals surface area contributed by atoms with E-state index in [1.807, 2.05) is 12.1 Å². The van der Waals surface area contributed by atoms with Crippen LogP contribution in [0, 0.1) is 0 Å². The fourth-order valence-electron chi connectivity index (χ4n) is 3.37. The second-order valence-corrected chi connectivity index (χ2v) is 9.05. The zero-order valence-corrected chi connectivity index (χ0v) is 16.2. The molecule has 0 aliphatic heterocycles. The van der Waals surface area contributed by atoms with Crippen molar-refractivity contribution in [3.63, 3.8) is 0 Å². The van der Waals surface area contributed by atoms with Gasteiger partial charge >= 0.3 is 5.97 Å². The molecule has 135 valence electrons. The topological polar surface area (TPSA) is 37.3 Å². The van der Waals surface area contributed by atoms with Gasteiger partial charge in [-0.3, -0.25) is 0 Å². The third-order valence-corrected chi connectivity index (χ3v) is 7.45. The largest absolute Gasteiger partial charge is 0.478 e. The van der Waals surface area contributed by atoms with Gasteiger partial charge in [0.1, 0.15) is 0 Å². The number of benzene rings is 4. The van der Waals surface area contributed by atoms with Crippen molar-refractivity contribution in [3.05, 3.63) is 115 Å². The molecule has 4 aromatic rings. The summed E-state index contributed by atoms with van der Waals surface area (Å²) in [6, 6.07) is 37.0. The number of hydrogen-bond donors (Lipinski definition) is 1. The average molecular weight is 380 g/mol. The highest BCUT2D eigenvalue weighted by Gasteiger charge is 2.19. The van der Waals surface area contributed by atoms with Crippen LogP contribution in [0.1, 0.15) is 10.4 Å². The van der Waals surface area contributed by atoms with Gasteiger partial charge in [0.15, 0.2) is 8.80 Å². The van der Waals surface area contributed by atoms with Gasteiger partial charge < -0.3 is 5.11 Å². The lowest BCUT2D eigenvalue weighted by Gasteiger charge is -2.17. The second-order valence-electron chi connectivity index (χ2n) is 6.57. The summed E-state index contributed by atoms with van der Waals surface area (Å²) < 4.78 is 0. The summed E-state index contributed by atoms with van der Waals surface area (Å²) in [4.78, 5) is 11.1. The van der Waals surface area contributed by atoms with Crippen molar-refractivity contribution in [2.75, 3.05) is 0 Å². The Labute approximate surface area is 166 Å². The van der Waals surface area contributed by atoms with Crippen molar-refractivity contribution in [2.24, 2.45) is 0 Å². The van der Waals surface area contributed by atoms with Crippen LogP contribution >= 0.6 is 0 Å². The molecule has 0 aliphatic carbocycles. The van der Waals surface area contributed by atoms with Crippen molar-refractivity contribution in [1.29, 1.82) is 0 Å². The van der Waals surface area contributed by atoms with E-state index in [0.29, 0.717) is 5.56 Å². The number of aromatic carboxylic acids is 1. The second kappa shape index (κ2) is 8.07. The number of carbonyl (C=O) groups is 1. The number of carboxylic acids is 1. The molecule has 0 amide bonds. The Bertz CT molecular complexity index is 1030. The third kappa shape index (κ3) is 3.80. The van der Waals surface area contributed by atoms with E-state index in [9.17, 15) is 4.79 Å². The minimum atomic E-state index is -1.12. The molecule has 0 fully saturated rings. The fraction of sp³-hybridized carbons (Fsp3) is 0. The minimum absolute atomic E-state index is 0.304. The summed E-state index contributed by atoms with van der Waals surface area (Å²) >= 11 is 0. The molecule has 2 nitrogen and oxygen atoms in total. The quantitative estimate of drug-likeness (QED) is 0.425. The molecule has 0 unspecified atom stereocenters. The summed E-state index contributed by atoms with van der Waals surface area (Å²) in [5.74, 6) is -0.904. The van der Waals surface area contributed by atoms with Gasteiger partial charge in [-0.15, -0.1) is 0 Å². The van der Waals surface area contributed by atoms with Crippen LogP contribution in [0.3, 0.4) is 0 Å². The van der Waals surface area contributed by atoms with E-state index in [2.05, 4.69) is 84.9 Å². The van der Waals surface area contributed by atoms with Gasteiger partial charge in [-0.1, -0.05) is 113 Å². The average Bonchev–Trinajstić information content (AvgIpc) is 2.76. The van der Waals surface area contributed by atoms with E-state index in [4.69, 9.17) is 5.11 Å². The highest BCUT2D eigenvalue weighted by molar-refractivity contribution is 6.95. The van der Waals surface area contributed by atoms with Crippen LogP contribution in [0.5, 0.6) is 0 Å². The first-order valence-corrected chi connectivity index (χ1v) is 10.6. The lowest BCUT2D eigenvalue weighted by atomic mass is 10.0. The zero-order valence-electron chi connectivity index (χ0n) is 15.2. The molecular formula is C25H19O2Si. The Morgan fingerprint density at radius 2 is 1.11 bits per heavy atom. The molecule has 0 heterocycles. The Kier molecular flexibility index (Phi) is 5.17. The van der Waals surface area contributed by atoms with Gasteiger partial charge in [-0.2, -0.15) is 0 Å². The van der Waals surface area contributed by atoms with Gasteiger partial charge in [-0.25, -0.2) is 4.79 Å². The maximum absolute atomic E-state index is 11.1. The maximum atomic E-state index is 11.1. The van der Waals surface area contributed by atoms with Crippen molar-refractivity contribution < 1.29 is 9.90 Å². The Balaban J connectivity index is 1.78. The van der Waals surface area contributed by atoms with Gasteiger partial charge in [0.05, 0.1) is 5.56 Å². The standard InChI is InChI=1S/C25H19O2Si/c26-25(27)20-16-14-19(15-17-20)21-8-7-13-24(18-21)28(22-9-3-1-4-10-22)23-11-5-2-6-12-23/h1-18H,(H,26,27). The highest BCUT2D eigenvalue weighted by Crippen LogP contribution is 2.19. The first-order chi connectivity index (χ1) is 13.7. The molecule has 0 aliphatic rings. The molecule has 3 heteroatoms. The van der Waals surface area contributed by atoms with Gasteiger partial charge in [-0.05, 0) is 23.3 Å².